The second-order valence-electron chi connectivity index (χ2n) is 5.00. The van der Waals surface area contributed by atoms with E-state index in [1.807, 2.05) is 4.68 Å². The quantitative estimate of drug-likeness (QED) is 0.897. The minimum Gasteiger partial charge on any atom is -0.330 e. The number of benzene rings is 1. The van der Waals surface area contributed by atoms with Gasteiger partial charge in [-0.25, -0.2) is 4.68 Å². The van der Waals surface area contributed by atoms with Crippen LogP contribution < -0.4 is 5.73 Å². The molecule has 0 aliphatic heterocycles. The van der Waals surface area contributed by atoms with Crippen molar-refractivity contribution < 1.29 is 0 Å². The standard InChI is InChI=1S/C15H21N3/c1-11(2)15-10-13(8-9-16)17-18(15)14-6-4-12(3)5-7-14/h4-7,10-11H,8-9,16H2,1-3H3. The predicted molar refractivity (Wildman–Crippen MR) is 75.1 cm³/mol. The number of aromatic nitrogens is 2. The Morgan fingerprint density at radius 2 is 1.89 bits per heavy atom. The van der Waals surface area contributed by atoms with Crippen LogP contribution in [-0.4, -0.2) is 16.3 Å². The molecule has 2 rings (SSSR count). The number of rotatable bonds is 4. The van der Waals surface area contributed by atoms with Crippen LogP contribution >= 0.6 is 0 Å². The zero-order valence-electron chi connectivity index (χ0n) is 11.4. The third-order valence-electron chi connectivity index (χ3n) is 3.06. The van der Waals surface area contributed by atoms with Gasteiger partial charge in [0.25, 0.3) is 0 Å². The van der Waals surface area contributed by atoms with E-state index in [1.54, 1.807) is 0 Å². The lowest BCUT2D eigenvalue weighted by atomic mass is 10.1. The van der Waals surface area contributed by atoms with Crippen LogP contribution in [0.5, 0.6) is 0 Å². The maximum Gasteiger partial charge on any atom is 0.0649 e. The van der Waals surface area contributed by atoms with Gasteiger partial charge in [0.1, 0.15) is 0 Å². The molecule has 96 valence electrons. The molecule has 3 nitrogen and oxygen atoms in total. The smallest absolute Gasteiger partial charge is 0.0649 e. The van der Waals surface area contributed by atoms with Crippen molar-refractivity contribution in [2.24, 2.45) is 5.73 Å². The van der Waals surface area contributed by atoms with E-state index in [-0.39, 0.29) is 0 Å². The molecular weight excluding hydrogens is 222 g/mol. The van der Waals surface area contributed by atoms with Crippen molar-refractivity contribution in [2.75, 3.05) is 6.54 Å². The Bertz CT molecular complexity index is 509. The minimum absolute atomic E-state index is 0.449. The molecule has 18 heavy (non-hydrogen) atoms. The summed E-state index contributed by atoms with van der Waals surface area (Å²) in [5, 5.41) is 4.66. The molecule has 0 aliphatic carbocycles. The molecule has 0 aliphatic rings. The molecule has 1 aromatic carbocycles. The van der Waals surface area contributed by atoms with Crippen LogP contribution in [0.1, 0.15) is 36.7 Å². The second kappa shape index (κ2) is 5.36. The minimum atomic E-state index is 0.449. The molecule has 0 bridgehead atoms. The zero-order valence-corrected chi connectivity index (χ0v) is 11.4. The topological polar surface area (TPSA) is 43.8 Å². The number of nitrogens with zero attached hydrogens (tertiary/aromatic N) is 2. The fourth-order valence-corrected chi connectivity index (χ4v) is 2.02. The molecule has 0 saturated heterocycles. The van der Waals surface area contributed by atoms with Crippen LogP contribution in [0.4, 0.5) is 0 Å². The summed E-state index contributed by atoms with van der Waals surface area (Å²) in [6.45, 7) is 7.11. The van der Waals surface area contributed by atoms with Crippen LogP contribution in [0.15, 0.2) is 30.3 Å². The van der Waals surface area contributed by atoms with Gasteiger partial charge >= 0.3 is 0 Å². The average molecular weight is 243 g/mol. The summed E-state index contributed by atoms with van der Waals surface area (Å²) in [7, 11) is 0. The van der Waals surface area contributed by atoms with Crippen molar-refractivity contribution in [3.63, 3.8) is 0 Å². The Hall–Kier alpha value is -1.61. The molecule has 0 fully saturated rings. The molecule has 0 unspecified atom stereocenters. The predicted octanol–water partition coefficient (Wildman–Crippen LogP) is 2.81. The first-order chi connectivity index (χ1) is 8.61. The molecule has 3 heteroatoms. The lowest BCUT2D eigenvalue weighted by molar-refractivity contribution is 0.725. The molecule has 0 spiro atoms. The summed E-state index contributed by atoms with van der Waals surface area (Å²) in [6, 6.07) is 10.6. The first kappa shape index (κ1) is 12.8. The van der Waals surface area contributed by atoms with Gasteiger partial charge < -0.3 is 5.73 Å². The Morgan fingerprint density at radius 3 is 2.44 bits per heavy atom. The SMILES string of the molecule is Cc1ccc(-n2nc(CCN)cc2C(C)C)cc1. The average Bonchev–Trinajstić information content (AvgIpc) is 2.75. The highest BCUT2D eigenvalue weighted by Crippen LogP contribution is 2.20. The second-order valence-corrected chi connectivity index (χ2v) is 5.00. The number of hydrogen-bond donors (Lipinski definition) is 1. The van der Waals surface area contributed by atoms with Gasteiger partial charge in [-0.05, 0) is 37.6 Å². The molecule has 2 aromatic rings. The largest absolute Gasteiger partial charge is 0.330 e. The molecule has 1 aromatic heterocycles. The Morgan fingerprint density at radius 1 is 1.22 bits per heavy atom. The fraction of sp³-hybridized carbons (Fsp3) is 0.400. The third kappa shape index (κ3) is 2.62. The van der Waals surface area contributed by atoms with E-state index >= 15 is 0 Å². The van der Waals surface area contributed by atoms with Gasteiger partial charge in [-0.1, -0.05) is 31.5 Å². The summed E-state index contributed by atoms with van der Waals surface area (Å²) < 4.78 is 2.04. The van der Waals surface area contributed by atoms with Crippen LogP contribution in [0.2, 0.25) is 0 Å². The monoisotopic (exact) mass is 243 g/mol. The van der Waals surface area contributed by atoms with E-state index in [1.165, 1.54) is 11.3 Å². The highest BCUT2D eigenvalue weighted by Gasteiger charge is 2.12. The van der Waals surface area contributed by atoms with E-state index in [9.17, 15) is 0 Å². The van der Waals surface area contributed by atoms with Crippen LogP contribution in [0.25, 0.3) is 5.69 Å². The van der Waals surface area contributed by atoms with Crippen molar-refractivity contribution in [3.8, 4) is 5.69 Å². The first-order valence-corrected chi connectivity index (χ1v) is 6.47. The Kier molecular flexibility index (Phi) is 3.82. The van der Waals surface area contributed by atoms with E-state index in [0.717, 1.165) is 17.8 Å². The number of hydrogen-bond acceptors (Lipinski definition) is 2. The maximum atomic E-state index is 5.61. The molecule has 1 heterocycles. The lowest BCUT2D eigenvalue weighted by Gasteiger charge is -2.10. The van der Waals surface area contributed by atoms with Crippen LogP contribution in [-0.2, 0) is 6.42 Å². The Labute approximate surface area is 109 Å². The molecule has 0 saturated carbocycles. The van der Waals surface area contributed by atoms with Gasteiger partial charge in [0.15, 0.2) is 0 Å². The summed E-state index contributed by atoms with van der Waals surface area (Å²) in [5.41, 5.74) is 10.3. The van der Waals surface area contributed by atoms with E-state index in [4.69, 9.17) is 5.73 Å². The van der Waals surface area contributed by atoms with Gasteiger partial charge in [-0.3, -0.25) is 0 Å². The van der Waals surface area contributed by atoms with Crippen LogP contribution in [0.3, 0.4) is 0 Å². The zero-order chi connectivity index (χ0) is 13.1. The van der Waals surface area contributed by atoms with Gasteiger partial charge in [-0.15, -0.1) is 0 Å². The van der Waals surface area contributed by atoms with E-state index < -0.39 is 0 Å². The number of nitrogens with two attached hydrogens (primary N) is 1. The van der Waals surface area contributed by atoms with Gasteiger partial charge in [0.05, 0.1) is 11.4 Å². The van der Waals surface area contributed by atoms with Crippen molar-refractivity contribution in [1.29, 1.82) is 0 Å². The first-order valence-electron chi connectivity index (χ1n) is 6.47. The number of aryl methyl sites for hydroxylation is 1. The molecule has 0 amide bonds. The van der Waals surface area contributed by atoms with Crippen molar-refractivity contribution in [1.82, 2.24) is 9.78 Å². The van der Waals surface area contributed by atoms with Crippen molar-refractivity contribution in [3.05, 3.63) is 47.3 Å². The highest BCUT2D eigenvalue weighted by molar-refractivity contribution is 5.36. The van der Waals surface area contributed by atoms with E-state index in [0.29, 0.717) is 12.5 Å². The summed E-state index contributed by atoms with van der Waals surface area (Å²) in [5.74, 6) is 0.449. The summed E-state index contributed by atoms with van der Waals surface area (Å²) in [4.78, 5) is 0. The van der Waals surface area contributed by atoms with Gasteiger partial charge in [-0.2, -0.15) is 5.10 Å². The highest BCUT2D eigenvalue weighted by atomic mass is 15.3. The van der Waals surface area contributed by atoms with Crippen molar-refractivity contribution in [2.45, 2.75) is 33.1 Å². The molecule has 2 N–H and O–H groups in total. The normalized spacial score (nSPS) is 11.2. The van der Waals surface area contributed by atoms with Gasteiger partial charge in [0, 0.05) is 12.1 Å². The maximum absolute atomic E-state index is 5.61. The van der Waals surface area contributed by atoms with Crippen LogP contribution in [0, 0.1) is 6.92 Å². The summed E-state index contributed by atoms with van der Waals surface area (Å²) in [6.07, 6.45) is 0.832. The van der Waals surface area contributed by atoms with Gasteiger partial charge in [0.2, 0.25) is 0 Å². The molecular formula is C15H21N3. The lowest BCUT2D eigenvalue weighted by Crippen LogP contribution is -2.05. The Balaban J connectivity index is 2.44. The van der Waals surface area contributed by atoms with Crippen molar-refractivity contribution >= 4 is 0 Å². The summed E-state index contributed by atoms with van der Waals surface area (Å²) >= 11 is 0. The third-order valence-corrected chi connectivity index (χ3v) is 3.06. The molecule has 0 atom stereocenters. The van der Waals surface area contributed by atoms with E-state index in [2.05, 4.69) is 56.2 Å². The fourth-order valence-electron chi connectivity index (χ4n) is 2.02. The molecule has 0 radical (unpaired) electrons.